The molecule has 2 nitrogen and oxygen atoms in total. The van der Waals surface area contributed by atoms with Gasteiger partial charge in [0.15, 0.2) is 0 Å². The van der Waals surface area contributed by atoms with Gasteiger partial charge in [-0.25, -0.2) is 4.79 Å². The first-order valence-electron chi connectivity index (χ1n) is 3.74. The molecule has 0 bridgehead atoms. The molecule has 0 saturated heterocycles. The molecule has 66 valence electrons. The quantitative estimate of drug-likeness (QED) is 0.358. The van der Waals surface area contributed by atoms with Gasteiger partial charge in [0.2, 0.25) is 0 Å². The number of hydrogen-bond acceptors (Lipinski definition) is 2. The van der Waals surface area contributed by atoms with Gasteiger partial charge in [0.25, 0.3) is 0 Å². The van der Waals surface area contributed by atoms with E-state index in [-0.39, 0.29) is 5.97 Å². The average Bonchev–Trinajstić information content (AvgIpc) is 2.23. The standard InChI is InChI=1S/C9H9O2.HI.Zn/c1-2-11-9(10)8-6-4-3-5-7-8;;/h4-7H,2H2,1H3;1H;/q-1;;+2/p-1. The van der Waals surface area contributed by atoms with E-state index in [0.29, 0.717) is 12.2 Å². The van der Waals surface area contributed by atoms with Crippen LogP contribution in [0.2, 0.25) is 0 Å². The Morgan fingerprint density at radius 1 is 1.54 bits per heavy atom. The van der Waals surface area contributed by atoms with Crippen molar-refractivity contribution in [1.29, 1.82) is 0 Å². The Morgan fingerprint density at radius 3 is 2.54 bits per heavy atom. The van der Waals surface area contributed by atoms with Crippen LogP contribution >= 0.6 is 19.8 Å². The molecule has 0 N–H and O–H groups in total. The summed E-state index contributed by atoms with van der Waals surface area (Å²) in [7, 11) is 0. The number of ether oxygens (including phenoxy) is 1. The Morgan fingerprint density at radius 2 is 2.08 bits per heavy atom. The van der Waals surface area contributed by atoms with Gasteiger partial charge in [-0.15, -0.1) is 0 Å². The second-order valence-electron chi connectivity index (χ2n) is 2.01. The molecular formula is C9H9IO2Zn. The predicted octanol–water partition coefficient (Wildman–Crippen LogP) is 2.55. The van der Waals surface area contributed by atoms with Crippen molar-refractivity contribution >= 4 is 25.7 Å². The van der Waals surface area contributed by atoms with Crippen LogP contribution in [0.15, 0.2) is 24.3 Å². The number of hydrogen-bond donors (Lipinski definition) is 0. The molecule has 0 radical (unpaired) electrons. The molecule has 0 spiro atoms. The first-order chi connectivity index (χ1) is 6.34. The van der Waals surface area contributed by atoms with Gasteiger partial charge in [-0.2, -0.15) is 30.3 Å². The van der Waals surface area contributed by atoms with Gasteiger partial charge in [0.1, 0.15) is 0 Å². The third kappa shape index (κ3) is 5.37. The van der Waals surface area contributed by atoms with Crippen LogP contribution in [-0.4, -0.2) is 12.6 Å². The number of benzene rings is 1. The minimum atomic E-state index is -0.276. The Bertz CT molecular complexity index is 239. The van der Waals surface area contributed by atoms with Crippen LogP contribution in [0, 0.1) is 6.07 Å². The van der Waals surface area contributed by atoms with E-state index < -0.39 is 0 Å². The van der Waals surface area contributed by atoms with Crippen molar-refractivity contribution in [3.8, 4) is 0 Å². The monoisotopic (exact) mass is 340 g/mol. The number of esters is 1. The van der Waals surface area contributed by atoms with Crippen LogP contribution in [0.4, 0.5) is 0 Å². The van der Waals surface area contributed by atoms with Gasteiger partial charge >= 0.3 is 40.5 Å². The van der Waals surface area contributed by atoms with Gasteiger partial charge in [0.05, 0.1) is 6.61 Å². The first-order valence-corrected chi connectivity index (χ1v) is 12.8. The van der Waals surface area contributed by atoms with Crippen molar-refractivity contribution in [2.24, 2.45) is 0 Å². The molecule has 0 aliphatic heterocycles. The van der Waals surface area contributed by atoms with Crippen LogP contribution in [0.25, 0.3) is 0 Å². The van der Waals surface area contributed by atoms with Crippen molar-refractivity contribution in [2.45, 2.75) is 6.92 Å². The van der Waals surface area contributed by atoms with E-state index in [0.717, 1.165) is 0 Å². The summed E-state index contributed by atoms with van der Waals surface area (Å²) < 4.78 is 4.78. The molecule has 0 amide bonds. The first kappa shape index (κ1) is 13.0. The summed E-state index contributed by atoms with van der Waals surface area (Å²) in [5.41, 5.74) is 0.575. The number of halogens is 1. The molecule has 0 saturated carbocycles. The van der Waals surface area contributed by atoms with Crippen molar-refractivity contribution < 1.29 is 24.3 Å². The number of rotatable bonds is 2. The summed E-state index contributed by atoms with van der Waals surface area (Å²) in [4.78, 5) is 11.0. The summed E-state index contributed by atoms with van der Waals surface area (Å²) in [5, 5.41) is 0. The van der Waals surface area contributed by atoms with Crippen LogP contribution in [-0.2, 0) is 19.5 Å². The molecule has 1 aromatic carbocycles. The SMILES string of the molecule is CCOC(=O)c1cc[c-]cc1.[Zn+][I]. The summed E-state index contributed by atoms with van der Waals surface area (Å²) in [6.07, 6.45) is 0. The third-order valence-corrected chi connectivity index (χ3v) is 1.23. The second-order valence-corrected chi connectivity index (χ2v) is 2.01. The molecule has 0 aliphatic rings. The van der Waals surface area contributed by atoms with Crippen LogP contribution in [0.3, 0.4) is 0 Å². The molecule has 13 heavy (non-hydrogen) atoms. The molecule has 0 fully saturated rings. The number of carbonyl (C=O) groups excluding carboxylic acids is 1. The van der Waals surface area contributed by atoms with Gasteiger partial charge in [-0.05, 0) is 12.5 Å². The van der Waals surface area contributed by atoms with Crippen LogP contribution < -0.4 is 0 Å². The van der Waals surface area contributed by atoms with E-state index in [4.69, 9.17) is 4.74 Å². The molecule has 0 heterocycles. The third-order valence-electron chi connectivity index (χ3n) is 1.23. The second kappa shape index (κ2) is 8.63. The topological polar surface area (TPSA) is 26.3 Å². The number of carbonyl (C=O) groups is 1. The predicted molar refractivity (Wildman–Crippen MR) is 55.3 cm³/mol. The molecule has 0 unspecified atom stereocenters. The van der Waals surface area contributed by atoms with Gasteiger partial charge in [0, 0.05) is 0 Å². The van der Waals surface area contributed by atoms with E-state index in [1.54, 1.807) is 31.2 Å². The van der Waals surface area contributed by atoms with Crippen molar-refractivity contribution in [3.63, 3.8) is 0 Å². The molecule has 1 aromatic rings. The van der Waals surface area contributed by atoms with E-state index in [9.17, 15) is 4.79 Å². The summed E-state index contributed by atoms with van der Waals surface area (Å²) in [5.74, 6) is -0.276. The van der Waals surface area contributed by atoms with E-state index >= 15 is 0 Å². The maximum absolute atomic E-state index is 11.0. The van der Waals surface area contributed by atoms with Crippen molar-refractivity contribution in [1.82, 2.24) is 0 Å². The molecular weight excluding hydrogens is 332 g/mol. The fourth-order valence-electron chi connectivity index (χ4n) is 0.737. The zero-order valence-electron chi connectivity index (χ0n) is 7.42. The van der Waals surface area contributed by atoms with Crippen LogP contribution in [0.5, 0.6) is 0 Å². The molecule has 4 heteroatoms. The fourth-order valence-corrected chi connectivity index (χ4v) is 0.737. The molecule has 0 aliphatic carbocycles. The fraction of sp³-hybridized carbons (Fsp3) is 0.222. The van der Waals surface area contributed by atoms with E-state index in [2.05, 4.69) is 25.8 Å². The minimum absolute atomic E-state index is 0.276. The molecule has 1 rings (SSSR count). The Kier molecular flexibility index (Phi) is 8.66. The van der Waals surface area contributed by atoms with Crippen LogP contribution in [0.1, 0.15) is 17.3 Å². The van der Waals surface area contributed by atoms with E-state index in [1.807, 2.05) is 0 Å². The van der Waals surface area contributed by atoms with Gasteiger partial charge in [-0.1, -0.05) is 0 Å². The Balaban J connectivity index is 0.000000671. The zero-order valence-corrected chi connectivity index (χ0v) is 12.5. The van der Waals surface area contributed by atoms with E-state index in [1.165, 1.54) is 14.8 Å². The molecule has 0 aromatic heterocycles. The van der Waals surface area contributed by atoms with Crippen molar-refractivity contribution in [3.05, 3.63) is 35.9 Å². The summed E-state index contributed by atoms with van der Waals surface area (Å²) >= 11 is 3.62. The van der Waals surface area contributed by atoms with Crippen molar-refractivity contribution in [2.75, 3.05) is 6.61 Å². The summed E-state index contributed by atoms with van der Waals surface area (Å²) in [6, 6.07) is 9.55. The van der Waals surface area contributed by atoms with Gasteiger partial charge in [-0.3, -0.25) is 0 Å². The maximum atomic E-state index is 11.0. The average molecular weight is 341 g/mol. The normalized spacial score (nSPS) is 8.31. The Hall–Kier alpha value is 0.0434. The summed E-state index contributed by atoms with van der Waals surface area (Å²) in [6.45, 7) is 2.20. The Labute approximate surface area is 98.9 Å². The van der Waals surface area contributed by atoms with Gasteiger partial charge < -0.3 is 4.74 Å². The molecule has 0 atom stereocenters. The zero-order chi connectivity index (χ0) is 10.1.